The van der Waals surface area contributed by atoms with E-state index < -0.39 is 0 Å². The van der Waals surface area contributed by atoms with Crippen LogP contribution in [0.4, 0.5) is 11.7 Å². The Morgan fingerprint density at radius 3 is 2.87 bits per heavy atom. The molecule has 0 aliphatic carbocycles. The van der Waals surface area contributed by atoms with Crippen molar-refractivity contribution in [3.8, 4) is 17.1 Å². The van der Waals surface area contributed by atoms with Gasteiger partial charge in [0.1, 0.15) is 5.75 Å². The minimum atomic E-state index is -0.125. The fourth-order valence-electron chi connectivity index (χ4n) is 3.68. The third-order valence-electron chi connectivity index (χ3n) is 5.43. The van der Waals surface area contributed by atoms with Crippen LogP contribution < -0.4 is 15.0 Å². The van der Waals surface area contributed by atoms with Crippen LogP contribution in [0, 0.1) is 5.92 Å². The van der Waals surface area contributed by atoms with Crippen molar-refractivity contribution >= 4 is 17.6 Å². The standard InChI is InChI=1S/C23H26N4O3/c1-3-16-6-4-8-19(14-16)24-22(28)18-7-5-13-27(15-18)23-25-21(26-30-23)17-9-11-20(29-2)12-10-17/h4,6,8-12,14,18H,3,5,7,13,15H2,1-2H3,(H,24,28)/t18-/m1/s1. The molecule has 1 aromatic heterocycles. The number of nitrogens with one attached hydrogen (secondary N) is 1. The van der Waals surface area contributed by atoms with Gasteiger partial charge in [-0.05, 0) is 61.2 Å². The molecule has 0 spiro atoms. The third kappa shape index (κ3) is 4.45. The number of aryl methyl sites for hydroxylation is 1. The van der Waals surface area contributed by atoms with E-state index in [4.69, 9.17) is 9.26 Å². The smallest absolute Gasteiger partial charge is 0.324 e. The number of anilines is 2. The summed E-state index contributed by atoms with van der Waals surface area (Å²) in [5, 5.41) is 7.16. The molecule has 4 rings (SSSR count). The van der Waals surface area contributed by atoms with Crippen LogP contribution in [-0.4, -0.2) is 36.2 Å². The van der Waals surface area contributed by atoms with E-state index in [0.29, 0.717) is 18.4 Å². The van der Waals surface area contributed by atoms with E-state index in [2.05, 4.69) is 28.4 Å². The maximum atomic E-state index is 12.8. The van der Waals surface area contributed by atoms with Gasteiger partial charge in [-0.25, -0.2) is 0 Å². The monoisotopic (exact) mass is 406 g/mol. The fourth-order valence-corrected chi connectivity index (χ4v) is 3.68. The minimum Gasteiger partial charge on any atom is -0.497 e. The van der Waals surface area contributed by atoms with Gasteiger partial charge in [0.05, 0.1) is 13.0 Å². The summed E-state index contributed by atoms with van der Waals surface area (Å²) in [5.41, 5.74) is 2.90. The van der Waals surface area contributed by atoms with Crippen LogP contribution in [-0.2, 0) is 11.2 Å². The number of carbonyl (C=O) groups excluding carboxylic acids is 1. The number of ether oxygens (including phenoxy) is 1. The van der Waals surface area contributed by atoms with Gasteiger partial charge in [0.15, 0.2) is 0 Å². The lowest BCUT2D eigenvalue weighted by Gasteiger charge is -2.30. The van der Waals surface area contributed by atoms with Crippen molar-refractivity contribution in [3.05, 3.63) is 54.1 Å². The molecule has 2 heterocycles. The van der Waals surface area contributed by atoms with Gasteiger partial charge in [0, 0.05) is 24.3 Å². The lowest BCUT2D eigenvalue weighted by Crippen LogP contribution is -2.41. The molecule has 7 nitrogen and oxygen atoms in total. The molecule has 30 heavy (non-hydrogen) atoms. The Morgan fingerprint density at radius 2 is 2.10 bits per heavy atom. The Labute approximate surface area is 176 Å². The van der Waals surface area contributed by atoms with Gasteiger partial charge in [-0.3, -0.25) is 4.79 Å². The average molecular weight is 406 g/mol. The molecule has 7 heteroatoms. The largest absolute Gasteiger partial charge is 0.497 e. The summed E-state index contributed by atoms with van der Waals surface area (Å²) < 4.78 is 10.7. The van der Waals surface area contributed by atoms with E-state index >= 15 is 0 Å². The van der Waals surface area contributed by atoms with E-state index in [1.807, 2.05) is 47.4 Å². The van der Waals surface area contributed by atoms with Gasteiger partial charge in [-0.15, -0.1) is 0 Å². The van der Waals surface area contributed by atoms with Crippen LogP contribution in [0.1, 0.15) is 25.3 Å². The van der Waals surface area contributed by atoms with Gasteiger partial charge < -0.3 is 19.5 Å². The highest BCUT2D eigenvalue weighted by Gasteiger charge is 2.28. The van der Waals surface area contributed by atoms with Gasteiger partial charge in [-0.2, -0.15) is 4.98 Å². The molecule has 3 aromatic rings. The van der Waals surface area contributed by atoms with Gasteiger partial charge in [0.2, 0.25) is 11.7 Å². The Bertz CT molecular complexity index is 1000. The SMILES string of the molecule is CCc1cccc(NC(=O)[C@@H]2CCCN(c3nc(-c4ccc(OC)cc4)no3)C2)c1. The second kappa shape index (κ2) is 8.98. The summed E-state index contributed by atoms with van der Waals surface area (Å²) >= 11 is 0. The first-order valence-electron chi connectivity index (χ1n) is 10.3. The Morgan fingerprint density at radius 1 is 1.27 bits per heavy atom. The number of rotatable bonds is 6. The molecular formula is C23H26N4O3. The maximum absolute atomic E-state index is 12.8. The molecule has 1 aliphatic rings. The van der Waals surface area contributed by atoms with Crippen molar-refractivity contribution < 1.29 is 14.1 Å². The molecule has 0 saturated carbocycles. The molecule has 1 aliphatic heterocycles. The molecule has 1 fully saturated rings. The number of nitrogens with zero attached hydrogens (tertiary/aromatic N) is 3. The summed E-state index contributed by atoms with van der Waals surface area (Å²) in [4.78, 5) is 19.3. The van der Waals surface area contributed by atoms with E-state index in [1.54, 1.807) is 7.11 Å². The van der Waals surface area contributed by atoms with E-state index in [1.165, 1.54) is 5.56 Å². The molecular weight excluding hydrogens is 380 g/mol. The molecule has 0 radical (unpaired) electrons. The molecule has 156 valence electrons. The van der Waals surface area contributed by atoms with E-state index in [0.717, 1.165) is 42.8 Å². The van der Waals surface area contributed by atoms with Gasteiger partial charge >= 0.3 is 6.01 Å². The van der Waals surface area contributed by atoms with Crippen LogP contribution in [0.5, 0.6) is 5.75 Å². The average Bonchev–Trinajstić information content (AvgIpc) is 3.30. The second-order valence-corrected chi connectivity index (χ2v) is 7.46. The molecule has 0 unspecified atom stereocenters. The molecule has 1 N–H and O–H groups in total. The number of benzene rings is 2. The maximum Gasteiger partial charge on any atom is 0.324 e. The first kappa shape index (κ1) is 19.9. The first-order chi connectivity index (χ1) is 14.7. The highest BCUT2D eigenvalue weighted by Crippen LogP contribution is 2.26. The zero-order valence-electron chi connectivity index (χ0n) is 17.3. The second-order valence-electron chi connectivity index (χ2n) is 7.46. The fraction of sp³-hybridized carbons (Fsp3) is 0.348. The van der Waals surface area contributed by atoms with Gasteiger partial charge in [0.25, 0.3) is 0 Å². The summed E-state index contributed by atoms with van der Waals surface area (Å²) in [6, 6.07) is 15.9. The summed E-state index contributed by atoms with van der Waals surface area (Å²) in [7, 11) is 1.63. The summed E-state index contributed by atoms with van der Waals surface area (Å²) in [6.07, 6.45) is 2.68. The number of hydrogen-bond acceptors (Lipinski definition) is 6. The zero-order valence-corrected chi connectivity index (χ0v) is 17.3. The number of carbonyl (C=O) groups is 1. The number of aromatic nitrogens is 2. The van der Waals surface area contributed by atoms with Crippen molar-refractivity contribution in [1.82, 2.24) is 10.1 Å². The quantitative estimate of drug-likeness (QED) is 0.662. The lowest BCUT2D eigenvalue weighted by atomic mass is 9.97. The van der Waals surface area contributed by atoms with Crippen LogP contribution in [0.15, 0.2) is 53.1 Å². The van der Waals surface area contributed by atoms with Crippen molar-refractivity contribution in [1.29, 1.82) is 0 Å². The molecule has 2 aromatic carbocycles. The predicted octanol–water partition coefficient (Wildman–Crippen LogP) is 4.16. The van der Waals surface area contributed by atoms with Crippen LogP contribution in [0.25, 0.3) is 11.4 Å². The minimum absolute atomic E-state index is 0.0304. The molecule has 1 saturated heterocycles. The third-order valence-corrected chi connectivity index (χ3v) is 5.43. The predicted molar refractivity (Wildman–Crippen MR) is 116 cm³/mol. The number of hydrogen-bond donors (Lipinski definition) is 1. The van der Waals surface area contributed by atoms with E-state index in [-0.39, 0.29) is 11.8 Å². The van der Waals surface area contributed by atoms with Crippen LogP contribution in [0.3, 0.4) is 0 Å². The molecule has 0 bridgehead atoms. The van der Waals surface area contributed by atoms with Crippen molar-refractivity contribution in [2.45, 2.75) is 26.2 Å². The Balaban J connectivity index is 1.42. The van der Waals surface area contributed by atoms with Crippen molar-refractivity contribution in [2.75, 3.05) is 30.4 Å². The zero-order chi connectivity index (χ0) is 20.9. The van der Waals surface area contributed by atoms with Crippen LogP contribution in [0.2, 0.25) is 0 Å². The van der Waals surface area contributed by atoms with Gasteiger partial charge in [-0.1, -0.05) is 24.2 Å². The number of methoxy groups -OCH3 is 1. The number of piperidine rings is 1. The highest BCUT2D eigenvalue weighted by atomic mass is 16.5. The molecule has 1 atom stereocenters. The van der Waals surface area contributed by atoms with Crippen LogP contribution >= 0.6 is 0 Å². The Kier molecular flexibility index (Phi) is 5.97. The summed E-state index contributed by atoms with van der Waals surface area (Å²) in [5.74, 6) is 1.20. The summed E-state index contributed by atoms with van der Waals surface area (Å²) in [6.45, 7) is 3.45. The lowest BCUT2D eigenvalue weighted by molar-refractivity contribution is -0.120. The van der Waals surface area contributed by atoms with Crippen molar-refractivity contribution in [3.63, 3.8) is 0 Å². The Hall–Kier alpha value is -3.35. The molecule has 1 amide bonds. The van der Waals surface area contributed by atoms with Crippen molar-refractivity contribution in [2.24, 2.45) is 5.92 Å². The number of amides is 1. The highest BCUT2D eigenvalue weighted by molar-refractivity contribution is 5.93. The first-order valence-corrected chi connectivity index (χ1v) is 10.3. The van der Waals surface area contributed by atoms with E-state index in [9.17, 15) is 4.79 Å². The topological polar surface area (TPSA) is 80.5 Å². The normalized spacial score (nSPS) is 16.3.